The number of phenolic OH excluding ortho intramolecular Hbond substituents is 1. The molecule has 1 unspecified atom stereocenters. The van der Waals surface area contributed by atoms with E-state index in [0.717, 1.165) is 0 Å². The highest BCUT2D eigenvalue weighted by molar-refractivity contribution is 5.83. The number of aromatic hydroxyl groups is 1. The monoisotopic (exact) mass is 332 g/mol. The zero-order valence-electron chi connectivity index (χ0n) is 13.6. The molecule has 0 radical (unpaired) electrons. The van der Waals surface area contributed by atoms with Crippen molar-refractivity contribution in [3.63, 3.8) is 0 Å². The molecule has 6 nitrogen and oxygen atoms in total. The molecular formula is C18H24N2O4. The van der Waals surface area contributed by atoms with Crippen LogP contribution >= 0.6 is 0 Å². The van der Waals surface area contributed by atoms with Crippen molar-refractivity contribution in [2.75, 3.05) is 6.54 Å². The van der Waals surface area contributed by atoms with Crippen molar-refractivity contribution in [3.8, 4) is 5.75 Å². The molecule has 0 aliphatic heterocycles. The Morgan fingerprint density at radius 1 is 1.00 bits per heavy atom. The summed E-state index contributed by atoms with van der Waals surface area (Å²) in [7, 11) is 0. The Bertz CT molecular complexity index is 535. The van der Waals surface area contributed by atoms with Gasteiger partial charge in [-0.05, 0) is 18.7 Å². The minimum absolute atomic E-state index is 0.164. The summed E-state index contributed by atoms with van der Waals surface area (Å²) in [6, 6.07) is 19.9. The van der Waals surface area contributed by atoms with E-state index in [1.807, 2.05) is 42.5 Å². The van der Waals surface area contributed by atoms with Gasteiger partial charge in [0.1, 0.15) is 11.8 Å². The maximum absolute atomic E-state index is 10.4. The minimum atomic E-state index is -1.05. The molecule has 0 spiro atoms. The van der Waals surface area contributed by atoms with Gasteiger partial charge in [-0.15, -0.1) is 0 Å². The second-order valence-corrected chi connectivity index (χ2v) is 4.61. The maximum Gasteiger partial charge on any atom is 0.321 e. The lowest BCUT2D eigenvalue weighted by Gasteiger charge is -2.09. The highest BCUT2D eigenvalue weighted by Gasteiger charge is 2.17. The number of phenols is 1. The summed E-state index contributed by atoms with van der Waals surface area (Å²) in [6.45, 7) is 2.27. The first kappa shape index (κ1) is 21.1. The number of hydrogen-bond acceptors (Lipinski definition) is 4. The van der Waals surface area contributed by atoms with Crippen LogP contribution in [0.4, 0.5) is 0 Å². The van der Waals surface area contributed by atoms with E-state index in [-0.39, 0.29) is 6.42 Å². The van der Waals surface area contributed by atoms with Gasteiger partial charge in [-0.2, -0.15) is 0 Å². The summed E-state index contributed by atoms with van der Waals surface area (Å²) in [5.41, 5.74) is 4.82. The topological polar surface area (TPSA) is 113 Å². The second kappa shape index (κ2) is 13.8. The van der Waals surface area contributed by atoms with E-state index in [4.69, 9.17) is 15.9 Å². The molecule has 24 heavy (non-hydrogen) atoms. The first-order valence-electron chi connectivity index (χ1n) is 7.45. The summed E-state index contributed by atoms with van der Waals surface area (Å²) in [6.07, 6.45) is -0.164. The van der Waals surface area contributed by atoms with E-state index in [9.17, 15) is 9.59 Å². The standard InChI is InChI=1S/C6H12N2O3.C6H6O.C6H6/c1-2-8-4(6(10)11)3-5(7)9;7-6-4-2-1-3-5-6;1-2-4-6-5-3-1/h4,8H,2-3H2,1H3,(H2,7,9)(H,10,11);1-5,7H;1-6H. The first-order chi connectivity index (χ1) is 11.5. The van der Waals surface area contributed by atoms with Gasteiger partial charge >= 0.3 is 5.97 Å². The summed E-state index contributed by atoms with van der Waals surface area (Å²) in [4.78, 5) is 20.7. The maximum atomic E-state index is 10.4. The zero-order valence-corrected chi connectivity index (χ0v) is 13.6. The number of likely N-dealkylation sites (N-methyl/N-ethyl adjacent to an activating group) is 1. The Morgan fingerprint density at radius 2 is 1.42 bits per heavy atom. The molecule has 0 aliphatic carbocycles. The summed E-state index contributed by atoms with van der Waals surface area (Å²) < 4.78 is 0. The number of aliphatic carboxylic acids is 1. The number of carbonyl (C=O) groups excluding carboxylic acids is 1. The molecule has 0 aromatic heterocycles. The Kier molecular flexibility index (Phi) is 12.1. The normalized spacial score (nSPS) is 10.2. The predicted molar refractivity (Wildman–Crippen MR) is 93.5 cm³/mol. The largest absolute Gasteiger partial charge is 0.508 e. The van der Waals surface area contributed by atoms with E-state index in [1.54, 1.807) is 31.2 Å². The van der Waals surface area contributed by atoms with Gasteiger partial charge in [-0.3, -0.25) is 9.59 Å². The van der Waals surface area contributed by atoms with Crippen LogP contribution < -0.4 is 11.1 Å². The van der Waals surface area contributed by atoms with Gasteiger partial charge in [-0.1, -0.05) is 61.5 Å². The molecule has 0 aliphatic rings. The molecule has 2 aromatic carbocycles. The average Bonchev–Trinajstić information content (AvgIpc) is 2.57. The molecule has 2 rings (SSSR count). The number of amides is 1. The van der Waals surface area contributed by atoms with E-state index >= 15 is 0 Å². The van der Waals surface area contributed by atoms with Crippen LogP contribution in [0.3, 0.4) is 0 Å². The molecule has 0 saturated heterocycles. The Hall–Kier alpha value is -2.86. The first-order valence-corrected chi connectivity index (χ1v) is 7.45. The number of benzene rings is 2. The van der Waals surface area contributed by atoms with Gasteiger partial charge in [0.25, 0.3) is 0 Å². The quantitative estimate of drug-likeness (QED) is 0.669. The molecule has 2 aromatic rings. The van der Waals surface area contributed by atoms with Crippen molar-refractivity contribution >= 4 is 11.9 Å². The molecule has 130 valence electrons. The third-order valence-corrected chi connectivity index (χ3v) is 2.58. The van der Waals surface area contributed by atoms with Crippen LogP contribution in [0.25, 0.3) is 0 Å². The third kappa shape index (κ3) is 12.8. The smallest absolute Gasteiger partial charge is 0.321 e. The summed E-state index contributed by atoms with van der Waals surface area (Å²) >= 11 is 0. The average molecular weight is 332 g/mol. The van der Waals surface area contributed by atoms with E-state index in [2.05, 4.69) is 5.32 Å². The van der Waals surface area contributed by atoms with Gasteiger partial charge in [0, 0.05) is 0 Å². The number of carbonyl (C=O) groups is 2. The molecule has 1 atom stereocenters. The van der Waals surface area contributed by atoms with Gasteiger partial charge in [0.15, 0.2) is 0 Å². The number of primary amides is 1. The fourth-order valence-electron chi connectivity index (χ4n) is 1.51. The van der Waals surface area contributed by atoms with E-state index < -0.39 is 17.9 Å². The van der Waals surface area contributed by atoms with Gasteiger partial charge in [0.2, 0.25) is 5.91 Å². The van der Waals surface area contributed by atoms with E-state index in [0.29, 0.717) is 12.3 Å². The van der Waals surface area contributed by atoms with Gasteiger partial charge in [0.05, 0.1) is 6.42 Å². The van der Waals surface area contributed by atoms with Crippen LogP contribution in [0.5, 0.6) is 5.75 Å². The molecule has 0 bridgehead atoms. The Labute approximate surface area is 141 Å². The SMILES string of the molecule is CCNC(CC(N)=O)C(=O)O.Oc1ccccc1.c1ccccc1. The van der Waals surface area contributed by atoms with Crippen LogP contribution in [-0.4, -0.2) is 34.7 Å². The van der Waals surface area contributed by atoms with Crippen LogP contribution in [0.1, 0.15) is 13.3 Å². The zero-order chi connectivity index (χ0) is 18.2. The van der Waals surface area contributed by atoms with Crippen molar-refractivity contribution in [2.45, 2.75) is 19.4 Å². The van der Waals surface area contributed by atoms with Gasteiger partial charge in [-0.25, -0.2) is 0 Å². The lowest BCUT2D eigenvalue weighted by atomic mass is 10.2. The van der Waals surface area contributed by atoms with Crippen LogP contribution in [0, 0.1) is 0 Å². The van der Waals surface area contributed by atoms with Crippen molar-refractivity contribution in [1.82, 2.24) is 5.32 Å². The van der Waals surface area contributed by atoms with Crippen molar-refractivity contribution in [1.29, 1.82) is 0 Å². The Morgan fingerprint density at radius 3 is 1.67 bits per heavy atom. The molecular weight excluding hydrogens is 308 g/mol. The van der Waals surface area contributed by atoms with Crippen LogP contribution in [0.2, 0.25) is 0 Å². The fourth-order valence-corrected chi connectivity index (χ4v) is 1.51. The second-order valence-electron chi connectivity index (χ2n) is 4.61. The predicted octanol–water partition coefficient (Wildman–Crippen LogP) is 2.00. The number of nitrogens with two attached hydrogens (primary N) is 1. The fraction of sp³-hybridized carbons (Fsp3) is 0.222. The molecule has 0 saturated carbocycles. The highest BCUT2D eigenvalue weighted by Crippen LogP contribution is 2.02. The van der Waals surface area contributed by atoms with Gasteiger partial charge < -0.3 is 21.3 Å². The number of carboxylic acid groups (broad SMARTS) is 1. The van der Waals surface area contributed by atoms with Crippen molar-refractivity contribution in [3.05, 3.63) is 66.7 Å². The number of nitrogens with one attached hydrogen (secondary N) is 1. The number of para-hydroxylation sites is 1. The molecule has 0 fully saturated rings. The summed E-state index contributed by atoms with van der Waals surface area (Å²) in [5, 5.41) is 19.7. The molecule has 1 amide bonds. The van der Waals surface area contributed by atoms with Crippen molar-refractivity contribution < 1.29 is 19.8 Å². The van der Waals surface area contributed by atoms with Crippen LogP contribution in [0.15, 0.2) is 66.7 Å². The highest BCUT2D eigenvalue weighted by atomic mass is 16.4. The number of rotatable bonds is 5. The number of hydrogen-bond donors (Lipinski definition) is 4. The number of carboxylic acids is 1. The van der Waals surface area contributed by atoms with E-state index in [1.165, 1.54) is 0 Å². The minimum Gasteiger partial charge on any atom is -0.508 e. The van der Waals surface area contributed by atoms with Crippen LogP contribution in [-0.2, 0) is 9.59 Å². The molecule has 6 heteroatoms. The summed E-state index contributed by atoms with van der Waals surface area (Å²) in [5.74, 6) is -1.34. The lowest BCUT2D eigenvalue weighted by molar-refractivity contribution is -0.141. The Balaban J connectivity index is 0.000000348. The molecule has 0 heterocycles. The van der Waals surface area contributed by atoms with Crippen molar-refractivity contribution in [2.24, 2.45) is 5.73 Å². The lowest BCUT2D eigenvalue weighted by Crippen LogP contribution is -2.39. The molecule has 5 N–H and O–H groups in total. The third-order valence-electron chi connectivity index (χ3n) is 2.58.